The molecule has 0 aromatic heterocycles. The molecule has 0 fully saturated rings. The van der Waals surface area contributed by atoms with Crippen molar-refractivity contribution in [3.05, 3.63) is 29.8 Å². The number of ether oxygens (including phenoxy) is 1. The molecule has 3 N–H and O–H groups in total. The molecule has 1 aliphatic rings. The predicted octanol–water partition coefficient (Wildman–Crippen LogP) is 4.65. The molecule has 0 radical (unpaired) electrons. The number of nitrogens with zero attached hydrogens (tertiary/aromatic N) is 3. The molecule has 162 valence electrons. The maximum Gasteiger partial charge on any atom is 0.223 e. The van der Waals surface area contributed by atoms with E-state index in [1.807, 2.05) is 24.3 Å². The molecule has 1 aliphatic heterocycles. The van der Waals surface area contributed by atoms with E-state index in [1.165, 1.54) is 44.9 Å². The topological polar surface area (TPSA) is 75.2 Å². The van der Waals surface area contributed by atoms with Crippen LogP contribution in [0, 0.1) is 0 Å². The molecule has 1 heterocycles. The molecule has 1 aromatic rings. The number of guanidine groups is 2. The lowest BCUT2D eigenvalue weighted by molar-refractivity contribution is 0.178. The summed E-state index contributed by atoms with van der Waals surface area (Å²) in [6.07, 6.45) is 10.4. The van der Waals surface area contributed by atoms with Crippen LogP contribution in [0.4, 0.5) is 0 Å². The van der Waals surface area contributed by atoms with Gasteiger partial charge in [-0.3, -0.25) is 4.99 Å². The van der Waals surface area contributed by atoms with Crippen molar-refractivity contribution in [2.45, 2.75) is 84.3 Å². The van der Waals surface area contributed by atoms with E-state index in [2.05, 4.69) is 41.0 Å². The Hall–Kier alpha value is -2.24. The molecule has 1 aromatic carbocycles. The molecule has 0 saturated carbocycles. The van der Waals surface area contributed by atoms with E-state index >= 15 is 0 Å². The van der Waals surface area contributed by atoms with Crippen molar-refractivity contribution in [2.24, 2.45) is 15.7 Å². The molecule has 0 bridgehead atoms. The zero-order chi connectivity index (χ0) is 21.1. The van der Waals surface area contributed by atoms with Crippen molar-refractivity contribution in [2.75, 3.05) is 13.7 Å². The second-order valence-corrected chi connectivity index (χ2v) is 8.27. The molecular weight excluding hydrogens is 362 g/mol. The lowest BCUT2D eigenvalue weighted by Gasteiger charge is -2.43. The van der Waals surface area contributed by atoms with Gasteiger partial charge in [0.05, 0.1) is 7.11 Å². The molecule has 29 heavy (non-hydrogen) atoms. The highest BCUT2D eigenvalue weighted by molar-refractivity contribution is 5.97. The van der Waals surface area contributed by atoms with Crippen molar-refractivity contribution < 1.29 is 4.74 Å². The van der Waals surface area contributed by atoms with Crippen LogP contribution in [0.3, 0.4) is 0 Å². The fraction of sp³-hybridized carbons (Fsp3) is 0.652. The third-order valence-electron chi connectivity index (χ3n) is 5.36. The molecule has 0 aliphatic carbocycles. The van der Waals surface area contributed by atoms with Crippen LogP contribution in [0.15, 0.2) is 34.3 Å². The quantitative estimate of drug-likeness (QED) is 0.500. The van der Waals surface area contributed by atoms with Crippen LogP contribution in [-0.2, 0) is 6.54 Å². The molecular formula is C23H39N5O. The minimum atomic E-state index is -0.357. The van der Waals surface area contributed by atoms with E-state index in [4.69, 9.17) is 10.5 Å². The van der Waals surface area contributed by atoms with Gasteiger partial charge in [-0.05, 0) is 38.0 Å². The monoisotopic (exact) mass is 401 g/mol. The van der Waals surface area contributed by atoms with Gasteiger partial charge in [0.1, 0.15) is 11.4 Å². The maximum absolute atomic E-state index is 6.29. The van der Waals surface area contributed by atoms with E-state index in [0.717, 1.165) is 24.3 Å². The van der Waals surface area contributed by atoms with Gasteiger partial charge in [-0.2, -0.15) is 4.99 Å². The van der Waals surface area contributed by atoms with Gasteiger partial charge in [-0.25, -0.2) is 0 Å². The normalized spacial score (nSPS) is 17.2. The minimum Gasteiger partial charge on any atom is -0.497 e. The molecule has 0 unspecified atom stereocenters. The zero-order valence-corrected chi connectivity index (χ0v) is 18.7. The summed E-state index contributed by atoms with van der Waals surface area (Å²) in [5, 5.41) is 3.42. The van der Waals surface area contributed by atoms with Crippen molar-refractivity contribution in [3.8, 4) is 5.75 Å². The Bertz CT molecular complexity index is 666. The second kappa shape index (κ2) is 11.7. The van der Waals surface area contributed by atoms with Crippen molar-refractivity contribution >= 4 is 11.9 Å². The Morgan fingerprint density at radius 2 is 1.66 bits per heavy atom. The first kappa shape index (κ1) is 23.0. The fourth-order valence-corrected chi connectivity index (χ4v) is 3.52. The average Bonchev–Trinajstić information content (AvgIpc) is 2.69. The van der Waals surface area contributed by atoms with Crippen molar-refractivity contribution in [3.63, 3.8) is 0 Å². The smallest absolute Gasteiger partial charge is 0.223 e. The Balaban J connectivity index is 1.83. The van der Waals surface area contributed by atoms with Crippen LogP contribution in [0.5, 0.6) is 5.75 Å². The predicted molar refractivity (Wildman–Crippen MR) is 122 cm³/mol. The van der Waals surface area contributed by atoms with E-state index < -0.39 is 0 Å². The molecule has 0 atom stereocenters. The Morgan fingerprint density at radius 3 is 2.24 bits per heavy atom. The summed E-state index contributed by atoms with van der Waals surface area (Å²) < 4.78 is 5.23. The molecule has 0 saturated heterocycles. The van der Waals surface area contributed by atoms with E-state index in [-0.39, 0.29) is 5.66 Å². The molecule has 2 rings (SSSR count). The van der Waals surface area contributed by atoms with Gasteiger partial charge >= 0.3 is 0 Å². The summed E-state index contributed by atoms with van der Waals surface area (Å²) in [6.45, 7) is 7.92. The SMILES string of the molecule is CCCCCCCCCCN=C1N=C(N)N(Cc2ccc(OC)cc2)C(C)(C)N1. The van der Waals surface area contributed by atoms with Crippen LogP contribution in [0.25, 0.3) is 0 Å². The number of hydrogen-bond donors (Lipinski definition) is 2. The number of aliphatic imine (C=N–C) groups is 2. The summed E-state index contributed by atoms with van der Waals surface area (Å²) in [7, 11) is 1.67. The van der Waals surface area contributed by atoms with Crippen LogP contribution in [-0.4, -0.2) is 36.1 Å². The van der Waals surface area contributed by atoms with Gasteiger partial charge in [0.25, 0.3) is 0 Å². The van der Waals surface area contributed by atoms with E-state index in [0.29, 0.717) is 18.5 Å². The fourth-order valence-electron chi connectivity index (χ4n) is 3.52. The van der Waals surface area contributed by atoms with E-state index in [1.54, 1.807) is 7.11 Å². The van der Waals surface area contributed by atoms with Gasteiger partial charge in [0.2, 0.25) is 11.9 Å². The highest BCUT2D eigenvalue weighted by Crippen LogP contribution is 2.20. The standard InChI is InChI=1S/C23H39N5O/c1-5-6-7-8-9-10-11-12-17-25-22-26-21(24)28(23(2,3)27-22)18-19-13-15-20(29-4)16-14-19/h13-16H,5-12,17-18H2,1-4H3,(H3,24,25,26,27). The number of unbranched alkanes of at least 4 members (excludes halogenated alkanes) is 7. The number of methoxy groups -OCH3 is 1. The van der Waals surface area contributed by atoms with E-state index in [9.17, 15) is 0 Å². The van der Waals surface area contributed by atoms with Gasteiger partial charge in [-0.15, -0.1) is 0 Å². The molecule has 6 nitrogen and oxygen atoms in total. The summed E-state index contributed by atoms with van der Waals surface area (Å²) >= 11 is 0. The second-order valence-electron chi connectivity index (χ2n) is 8.27. The Morgan fingerprint density at radius 1 is 1.03 bits per heavy atom. The van der Waals surface area contributed by atoms with Crippen LogP contribution in [0.2, 0.25) is 0 Å². The van der Waals surface area contributed by atoms with Crippen LogP contribution < -0.4 is 15.8 Å². The third kappa shape index (κ3) is 7.59. The maximum atomic E-state index is 6.29. The number of benzene rings is 1. The van der Waals surface area contributed by atoms with Gasteiger partial charge < -0.3 is 20.7 Å². The number of rotatable bonds is 12. The van der Waals surface area contributed by atoms with Crippen LogP contribution >= 0.6 is 0 Å². The third-order valence-corrected chi connectivity index (χ3v) is 5.36. The molecule has 0 amide bonds. The highest BCUT2D eigenvalue weighted by Gasteiger charge is 2.33. The van der Waals surface area contributed by atoms with Crippen molar-refractivity contribution in [1.29, 1.82) is 0 Å². The Kier molecular flexibility index (Phi) is 9.29. The van der Waals surface area contributed by atoms with Gasteiger partial charge in [0.15, 0.2) is 0 Å². The number of nitrogens with two attached hydrogens (primary N) is 1. The Labute approximate surface area is 176 Å². The van der Waals surface area contributed by atoms with Gasteiger partial charge in [-0.1, -0.05) is 64.0 Å². The largest absolute Gasteiger partial charge is 0.497 e. The average molecular weight is 402 g/mol. The summed E-state index contributed by atoms with van der Waals surface area (Å²) in [4.78, 5) is 11.2. The van der Waals surface area contributed by atoms with Gasteiger partial charge in [0, 0.05) is 13.1 Å². The van der Waals surface area contributed by atoms with Crippen LogP contribution in [0.1, 0.15) is 77.7 Å². The highest BCUT2D eigenvalue weighted by atomic mass is 16.5. The first-order chi connectivity index (χ1) is 14.0. The lowest BCUT2D eigenvalue weighted by atomic mass is 10.1. The number of nitrogens with one attached hydrogen (secondary N) is 1. The summed E-state index contributed by atoms with van der Waals surface area (Å²) in [5.74, 6) is 1.99. The lowest BCUT2D eigenvalue weighted by Crippen LogP contribution is -2.63. The number of hydrogen-bond acceptors (Lipinski definition) is 4. The minimum absolute atomic E-state index is 0.357. The van der Waals surface area contributed by atoms with Crippen molar-refractivity contribution in [1.82, 2.24) is 10.2 Å². The summed E-state index contributed by atoms with van der Waals surface area (Å²) in [6, 6.07) is 8.02. The summed E-state index contributed by atoms with van der Waals surface area (Å²) in [5.41, 5.74) is 7.08. The molecule has 0 spiro atoms. The zero-order valence-electron chi connectivity index (χ0n) is 18.7. The first-order valence-corrected chi connectivity index (χ1v) is 11.0. The first-order valence-electron chi connectivity index (χ1n) is 11.0. The molecule has 6 heteroatoms.